The van der Waals surface area contributed by atoms with Crippen molar-refractivity contribution in [2.75, 3.05) is 0 Å². The summed E-state index contributed by atoms with van der Waals surface area (Å²) in [6.45, 7) is 1.90. The topological polar surface area (TPSA) is 121 Å². The van der Waals surface area contributed by atoms with Gasteiger partial charge in [-0.25, -0.2) is 0 Å². The molecule has 3 aliphatic rings. The number of hydrogen-bond donors (Lipinski definition) is 0. The van der Waals surface area contributed by atoms with Crippen molar-refractivity contribution in [1.29, 1.82) is 21.0 Å². The van der Waals surface area contributed by atoms with Crippen molar-refractivity contribution in [2.24, 2.45) is 5.92 Å². The molecule has 0 aliphatic heterocycles. The summed E-state index contributed by atoms with van der Waals surface area (Å²) < 4.78 is 56.2. The SMILES string of the molecule is CC1CC2=C(C=C1c1cc(F)nc(F)c1)C(=C(C#N)C#N)c1cc3c(cc12)C(=C(C#N)C#N)c1cc(-c2cc(F)nc(F)c2)ccc1-3. The molecule has 222 valence electrons. The molecule has 0 N–H and O–H groups in total. The lowest BCUT2D eigenvalue weighted by molar-refractivity contribution is 0.511. The minimum atomic E-state index is -1.00. The van der Waals surface area contributed by atoms with Crippen molar-refractivity contribution in [2.45, 2.75) is 13.3 Å². The fourth-order valence-electron chi connectivity index (χ4n) is 6.77. The molecule has 4 aromatic rings. The second-order valence-corrected chi connectivity index (χ2v) is 11.3. The van der Waals surface area contributed by atoms with Crippen molar-refractivity contribution >= 4 is 22.3 Å². The van der Waals surface area contributed by atoms with Gasteiger partial charge in [0.25, 0.3) is 0 Å². The van der Waals surface area contributed by atoms with Gasteiger partial charge >= 0.3 is 0 Å². The molecule has 1 unspecified atom stereocenters. The third-order valence-electron chi connectivity index (χ3n) is 8.68. The number of hydrogen-bond acceptors (Lipinski definition) is 6. The van der Waals surface area contributed by atoms with Crippen molar-refractivity contribution in [3.8, 4) is 46.5 Å². The number of rotatable bonds is 2. The van der Waals surface area contributed by atoms with Crippen LogP contribution in [0.4, 0.5) is 17.6 Å². The van der Waals surface area contributed by atoms with Crippen molar-refractivity contribution in [3.05, 3.63) is 129 Å². The van der Waals surface area contributed by atoms with E-state index in [1.165, 1.54) is 0 Å². The molecule has 3 aliphatic carbocycles. The second-order valence-electron chi connectivity index (χ2n) is 11.3. The van der Waals surface area contributed by atoms with E-state index < -0.39 is 23.8 Å². The quantitative estimate of drug-likeness (QED) is 0.111. The normalized spacial score (nSPS) is 15.3. The number of fused-ring (bicyclic) bond motifs is 5. The van der Waals surface area contributed by atoms with Crippen LogP contribution in [0.15, 0.2) is 77.4 Å². The van der Waals surface area contributed by atoms with E-state index >= 15 is 0 Å². The number of allylic oxidation sites excluding steroid dienone is 7. The van der Waals surface area contributed by atoms with E-state index in [9.17, 15) is 38.6 Å². The van der Waals surface area contributed by atoms with Crippen LogP contribution in [0.2, 0.25) is 0 Å². The average molecular weight is 621 g/mol. The Hall–Kier alpha value is -6.62. The van der Waals surface area contributed by atoms with Crippen LogP contribution >= 0.6 is 0 Å². The molecule has 0 bridgehead atoms. The summed E-state index contributed by atoms with van der Waals surface area (Å²) in [5.41, 5.74) is 6.85. The number of aromatic nitrogens is 2. The monoisotopic (exact) mass is 620 g/mol. The average Bonchev–Trinajstić information content (AvgIpc) is 3.51. The van der Waals surface area contributed by atoms with Gasteiger partial charge in [0.15, 0.2) is 0 Å². The Kier molecular flexibility index (Phi) is 6.67. The standard InChI is InChI=1S/C37H16F4N6/c1-17-4-25-27-12-30-26(11-31(27)37(22(15-44)16-45)29(25)10-24(17)20-8-34(40)47-35(41)9-20)23-3-2-18(19-6-32(38)46-33(39)7-19)5-28(23)36(30)21(13-42)14-43/h2-3,5-12,17H,4H2,1H3. The molecule has 0 saturated carbocycles. The van der Waals surface area contributed by atoms with Gasteiger partial charge in [-0.3, -0.25) is 0 Å². The molecule has 0 amide bonds. The number of nitriles is 4. The molecular formula is C37H16F4N6. The van der Waals surface area contributed by atoms with Gasteiger partial charge in [0.1, 0.15) is 35.4 Å². The summed E-state index contributed by atoms with van der Waals surface area (Å²) in [4.78, 5) is 6.34. The molecule has 2 aromatic carbocycles. The highest BCUT2D eigenvalue weighted by molar-refractivity contribution is 6.12. The summed E-state index contributed by atoms with van der Waals surface area (Å²) in [5.74, 6) is -4.19. The van der Waals surface area contributed by atoms with Gasteiger partial charge in [-0.15, -0.1) is 0 Å². The summed E-state index contributed by atoms with van der Waals surface area (Å²) in [5, 5.41) is 39.9. The Morgan fingerprint density at radius 2 is 1.11 bits per heavy atom. The van der Waals surface area contributed by atoms with Gasteiger partial charge in [0, 0.05) is 35.4 Å². The maximum absolute atomic E-state index is 14.1. The molecule has 7 rings (SSSR count). The molecule has 0 saturated heterocycles. The highest BCUT2D eigenvalue weighted by Crippen LogP contribution is 2.56. The molecule has 0 spiro atoms. The Balaban J connectivity index is 1.48. The van der Waals surface area contributed by atoms with Crippen LogP contribution in [0.5, 0.6) is 0 Å². The first-order valence-electron chi connectivity index (χ1n) is 14.2. The Bertz CT molecular complexity index is 2370. The summed E-state index contributed by atoms with van der Waals surface area (Å²) in [6.07, 6.45) is 2.14. The van der Waals surface area contributed by atoms with E-state index in [0.717, 1.165) is 29.8 Å². The van der Waals surface area contributed by atoms with Crippen molar-refractivity contribution in [1.82, 2.24) is 9.97 Å². The van der Waals surface area contributed by atoms with Gasteiger partial charge in [0.05, 0.1) is 0 Å². The first kappa shape index (κ1) is 29.1. The van der Waals surface area contributed by atoms with Gasteiger partial charge in [0.2, 0.25) is 23.8 Å². The molecule has 1 atom stereocenters. The van der Waals surface area contributed by atoms with E-state index in [2.05, 4.69) is 9.97 Å². The number of pyridine rings is 2. The third-order valence-corrected chi connectivity index (χ3v) is 8.68. The highest BCUT2D eigenvalue weighted by atomic mass is 19.1. The number of benzene rings is 2. The van der Waals surface area contributed by atoms with Crippen LogP contribution in [0.3, 0.4) is 0 Å². The van der Waals surface area contributed by atoms with E-state index in [-0.39, 0.29) is 22.6 Å². The summed E-state index contributed by atoms with van der Waals surface area (Å²) >= 11 is 0. The first-order chi connectivity index (χ1) is 22.6. The van der Waals surface area contributed by atoms with Gasteiger partial charge < -0.3 is 0 Å². The largest absolute Gasteiger partial charge is 0.216 e. The van der Waals surface area contributed by atoms with Crippen LogP contribution in [0.1, 0.15) is 41.2 Å². The minimum Gasteiger partial charge on any atom is -0.192 e. The molecule has 2 heterocycles. The Morgan fingerprint density at radius 3 is 1.70 bits per heavy atom. The summed E-state index contributed by atoms with van der Waals surface area (Å²) in [7, 11) is 0. The molecule has 2 aromatic heterocycles. The minimum absolute atomic E-state index is 0.158. The Morgan fingerprint density at radius 1 is 0.596 bits per heavy atom. The van der Waals surface area contributed by atoms with Crippen LogP contribution in [-0.2, 0) is 0 Å². The van der Waals surface area contributed by atoms with Crippen molar-refractivity contribution in [3.63, 3.8) is 0 Å². The lowest BCUT2D eigenvalue weighted by Gasteiger charge is -2.23. The molecule has 0 fully saturated rings. The fourth-order valence-corrected chi connectivity index (χ4v) is 6.77. The second kappa shape index (κ2) is 10.8. The van der Waals surface area contributed by atoms with Crippen LogP contribution < -0.4 is 0 Å². The smallest absolute Gasteiger partial charge is 0.192 e. The van der Waals surface area contributed by atoms with E-state index in [1.54, 1.807) is 30.3 Å². The zero-order valence-corrected chi connectivity index (χ0v) is 24.3. The maximum atomic E-state index is 14.1. The van der Waals surface area contributed by atoms with Crippen molar-refractivity contribution < 1.29 is 17.6 Å². The number of nitrogens with zero attached hydrogens (tertiary/aromatic N) is 6. The molecular weight excluding hydrogens is 604 g/mol. The predicted molar refractivity (Wildman–Crippen MR) is 163 cm³/mol. The van der Waals surface area contributed by atoms with Gasteiger partial charge in [-0.1, -0.05) is 19.1 Å². The molecule has 6 nitrogen and oxygen atoms in total. The highest BCUT2D eigenvalue weighted by Gasteiger charge is 2.37. The van der Waals surface area contributed by atoms with Gasteiger partial charge in [-0.05, 0) is 103 Å². The van der Waals surface area contributed by atoms with E-state index in [0.29, 0.717) is 73.2 Å². The van der Waals surface area contributed by atoms with Gasteiger partial charge in [-0.2, -0.15) is 48.6 Å². The first-order valence-corrected chi connectivity index (χ1v) is 14.2. The zero-order valence-electron chi connectivity index (χ0n) is 24.3. The maximum Gasteiger partial charge on any atom is 0.216 e. The Labute approximate surface area is 265 Å². The van der Waals surface area contributed by atoms with E-state index in [1.807, 2.05) is 37.3 Å². The van der Waals surface area contributed by atoms with Crippen LogP contribution in [0, 0.1) is 75.0 Å². The summed E-state index contributed by atoms with van der Waals surface area (Å²) in [6, 6.07) is 21.0. The lowest BCUT2D eigenvalue weighted by atomic mass is 9.80. The molecule has 47 heavy (non-hydrogen) atoms. The predicted octanol–water partition coefficient (Wildman–Crippen LogP) is 8.22. The fraction of sp³-hybridized carbons (Fsp3) is 0.0811. The number of halogens is 4. The third kappa shape index (κ3) is 4.52. The lowest BCUT2D eigenvalue weighted by Crippen LogP contribution is -2.07. The molecule has 0 radical (unpaired) electrons. The van der Waals surface area contributed by atoms with Crippen LogP contribution in [0.25, 0.3) is 44.5 Å². The molecule has 10 heteroatoms. The van der Waals surface area contributed by atoms with Crippen LogP contribution in [-0.4, -0.2) is 9.97 Å². The zero-order chi connectivity index (χ0) is 33.1. The van der Waals surface area contributed by atoms with E-state index in [4.69, 9.17) is 0 Å².